The Bertz CT molecular complexity index is 715. The molecule has 1 aromatic carbocycles. The number of oxime groups is 1. The highest BCUT2D eigenvalue weighted by Gasteiger charge is 2.39. The molecule has 0 spiro atoms. The smallest absolute Gasteiger partial charge is 0.305 e. The number of rotatable bonds is 14. The largest absolute Gasteiger partial charge is 0.466 e. The lowest BCUT2D eigenvalue weighted by Crippen LogP contribution is -2.23. The minimum atomic E-state index is -0.536. The normalized spacial score (nSPS) is 22.9. The summed E-state index contributed by atoms with van der Waals surface area (Å²) in [6.45, 7) is 2.21. The summed E-state index contributed by atoms with van der Waals surface area (Å²) in [6.07, 6.45) is 5.40. The standard InChI is InChI=1S/C24H36FNO5S/c1-2-31-24(29)8-6-4-3-5-7-21-20(22(26-30)15-23(21)28)14-11-18(27)16-32-19-12-9-17(25)10-13-19/h9-10,12-13,18,20-21,23,27-28,30H,2-8,11,14-16H2,1H3/b26-22-/t18-,20-,21-,23+/m1/s1. The molecule has 1 aliphatic rings. The molecule has 1 fully saturated rings. The monoisotopic (exact) mass is 469 g/mol. The van der Waals surface area contributed by atoms with E-state index in [0.29, 0.717) is 43.8 Å². The van der Waals surface area contributed by atoms with E-state index in [1.807, 2.05) is 0 Å². The van der Waals surface area contributed by atoms with E-state index < -0.39 is 12.2 Å². The maximum Gasteiger partial charge on any atom is 0.305 e. The summed E-state index contributed by atoms with van der Waals surface area (Å²) in [5.74, 6) is 0.0367. The van der Waals surface area contributed by atoms with Crippen molar-refractivity contribution in [2.75, 3.05) is 12.4 Å². The molecule has 0 heterocycles. The molecule has 8 heteroatoms. The van der Waals surface area contributed by atoms with Crippen molar-refractivity contribution >= 4 is 23.4 Å². The predicted octanol–water partition coefficient (Wildman–Crippen LogP) is 4.79. The van der Waals surface area contributed by atoms with E-state index in [-0.39, 0.29) is 23.6 Å². The van der Waals surface area contributed by atoms with Crippen molar-refractivity contribution in [1.82, 2.24) is 0 Å². The number of nitrogens with zero attached hydrogens (tertiary/aromatic N) is 1. The molecular weight excluding hydrogens is 433 g/mol. The van der Waals surface area contributed by atoms with Gasteiger partial charge in [-0.05, 0) is 62.8 Å². The summed E-state index contributed by atoms with van der Waals surface area (Å²) in [4.78, 5) is 12.3. The van der Waals surface area contributed by atoms with Gasteiger partial charge in [0.25, 0.3) is 0 Å². The Morgan fingerprint density at radius 3 is 2.62 bits per heavy atom. The topological polar surface area (TPSA) is 99.4 Å². The summed E-state index contributed by atoms with van der Waals surface area (Å²) in [5, 5.41) is 33.7. The van der Waals surface area contributed by atoms with Crippen molar-refractivity contribution in [1.29, 1.82) is 0 Å². The SMILES string of the molecule is CCOC(=O)CCCCCC[C@H]1[C@@H](O)C/C(=N/O)[C@@H]1CC[C@@H](O)CSc1ccc(F)cc1. The molecule has 6 nitrogen and oxygen atoms in total. The molecule has 0 unspecified atom stereocenters. The minimum Gasteiger partial charge on any atom is -0.466 e. The molecule has 0 aromatic heterocycles. The van der Waals surface area contributed by atoms with Crippen molar-refractivity contribution in [3.63, 3.8) is 0 Å². The summed E-state index contributed by atoms with van der Waals surface area (Å²) >= 11 is 1.48. The van der Waals surface area contributed by atoms with Gasteiger partial charge in [-0.1, -0.05) is 24.4 Å². The number of carbonyl (C=O) groups is 1. The van der Waals surface area contributed by atoms with Crippen LogP contribution in [0.3, 0.4) is 0 Å². The molecule has 0 amide bonds. The van der Waals surface area contributed by atoms with Crippen LogP contribution in [0.4, 0.5) is 4.39 Å². The van der Waals surface area contributed by atoms with Crippen LogP contribution in [0.5, 0.6) is 0 Å². The summed E-state index contributed by atoms with van der Waals surface area (Å²) < 4.78 is 17.9. The first kappa shape index (κ1) is 26.6. The van der Waals surface area contributed by atoms with Gasteiger partial charge in [-0.25, -0.2) is 4.39 Å². The van der Waals surface area contributed by atoms with Gasteiger partial charge >= 0.3 is 5.97 Å². The van der Waals surface area contributed by atoms with E-state index in [0.717, 1.165) is 37.0 Å². The third-order valence-corrected chi connectivity index (χ3v) is 7.18. The van der Waals surface area contributed by atoms with Crippen molar-refractivity contribution in [3.05, 3.63) is 30.1 Å². The van der Waals surface area contributed by atoms with Crippen molar-refractivity contribution in [3.8, 4) is 0 Å². The molecule has 1 aliphatic carbocycles. The molecule has 0 radical (unpaired) electrons. The van der Waals surface area contributed by atoms with Gasteiger partial charge in [0.1, 0.15) is 5.82 Å². The molecule has 0 saturated heterocycles. The van der Waals surface area contributed by atoms with E-state index >= 15 is 0 Å². The van der Waals surface area contributed by atoms with E-state index in [1.165, 1.54) is 23.9 Å². The minimum absolute atomic E-state index is 0.0166. The zero-order valence-corrected chi connectivity index (χ0v) is 19.6. The number of ether oxygens (including phenoxy) is 1. The van der Waals surface area contributed by atoms with E-state index in [4.69, 9.17) is 4.74 Å². The molecule has 0 aliphatic heterocycles. The molecule has 3 N–H and O–H groups in total. The zero-order chi connectivity index (χ0) is 23.3. The number of aliphatic hydroxyl groups is 2. The van der Waals surface area contributed by atoms with Crippen molar-refractivity contribution in [2.24, 2.45) is 17.0 Å². The maximum absolute atomic E-state index is 13.0. The molecular formula is C24H36FNO5S. The predicted molar refractivity (Wildman–Crippen MR) is 124 cm³/mol. The fourth-order valence-corrected chi connectivity index (χ4v) is 5.22. The van der Waals surface area contributed by atoms with Crippen molar-refractivity contribution < 1.29 is 29.3 Å². The maximum atomic E-state index is 13.0. The first-order valence-electron chi connectivity index (χ1n) is 11.6. The second kappa shape index (κ2) is 14.5. The third-order valence-electron chi connectivity index (χ3n) is 6.03. The van der Waals surface area contributed by atoms with Crippen LogP contribution in [0.25, 0.3) is 0 Å². The Morgan fingerprint density at radius 1 is 1.22 bits per heavy atom. The molecule has 1 saturated carbocycles. The van der Waals surface area contributed by atoms with Crippen LogP contribution in [0.15, 0.2) is 34.3 Å². The first-order valence-corrected chi connectivity index (χ1v) is 12.5. The lowest BCUT2D eigenvalue weighted by atomic mass is 9.85. The highest BCUT2D eigenvalue weighted by atomic mass is 32.2. The van der Waals surface area contributed by atoms with Crippen LogP contribution in [0.2, 0.25) is 0 Å². The highest BCUT2D eigenvalue weighted by Crippen LogP contribution is 2.37. The molecule has 180 valence electrons. The average molecular weight is 470 g/mol. The van der Waals surface area contributed by atoms with Crippen LogP contribution < -0.4 is 0 Å². The Balaban J connectivity index is 1.73. The van der Waals surface area contributed by atoms with Crippen LogP contribution >= 0.6 is 11.8 Å². The van der Waals surface area contributed by atoms with Gasteiger partial charge < -0.3 is 20.2 Å². The van der Waals surface area contributed by atoms with Crippen LogP contribution in [0, 0.1) is 17.7 Å². The fraction of sp³-hybridized carbons (Fsp3) is 0.667. The Morgan fingerprint density at radius 2 is 1.94 bits per heavy atom. The summed E-state index contributed by atoms with van der Waals surface area (Å²) in [6, 6.07) is 6.19. The average Bonchev–Trinajstić information content (AvgIpc) is 3.08. The first-order chi connectivity index (χ1) is 15.4. The zero-order valence-electron chi connectivity index (χ0n) is 18.8. The van der Waals surface area contributed by atoms with E-state index in [1.54, 1.807) is 19.1 Å². The fourth-order valence-electron chi connectivity index (χ4n) is 4.34. The van der Waals surface area contributed by atoms with E-state index in [9.17, 15) is 24.6 Å². The lowest BCUT2D eigenvalue weighted by molar-refractivity contribution is -0.143. The molecule has 2 rings (SSSR count). The van der Waals surface area contributed by atoms with Gasteiger partial charge in [0.15, 0.2) is 0 Å². The molecule has 32 heavy (non-hydrogen) atoms. The summed E-state index contributed by atoms with van der Waals surface area (Å²) in [5.41, 5.74) is 0.614. The number of halogens is 1. The van der Waals surface area contributed by atoms with Gasteiger partial charge in [-0.15, -0.1) is 11.8 Å². The Kier molecular flexibility index (Phi) is 12.1. The van der Waals surface area contributed by atoms with Crippen LogP contribution in [0.1, 0.15) is 64.7 Å². The van der Waals surface area contributed by atoms with Gasteiger partial charge in [-0.2, -0.15) is 0 Å². The number of hydrogen-bond donors (Lipinski definition) is 3. The van der Waals surface area contributed by atoms with Gasteiger partial charge in [0.05, 0.1) is 24.5 Å². The van der Waals surface area contributed by atoms with Crippen LogP contribution in [-0.4, -0.2) is 51.7 Å². The summed E-state index contributed by atoms with van der Waals surface area (Å²) in [7, 11) is 0. The second-order valence-electron chi connectivity index (χ2n) is 8.39. The number of aliphatic hydroxyl groups excluding tert-OH is 2. The lowest BCUT2D eigenvalue weighted by Gasteiger charge is -2.23. The van der Waals surface area contributed by atoms with Gasteiger partial charge in [-0.3, -0.25) is 4.79 Å². The third kappa shape index (κ3) is 9.08. The van der Waals surface area contributed by atoms with Crippen molar-refractivity contribution in [2.45, 2.75) is 81.8 Å². The number of benzene rings is 1. The number of hydrogen-bond acceptors (Lipinski definition) is 7. The number of esters is 1. The quantitative estimate of drug-likeness (QED) is 0.119. The van der Waals surface area contributed by atoms with Gasteiger partial charge in [0, 0.05) is 29.4 Å². The molecule has 4 atom stereocenters. The number of unbranched alkanes of at least 4 members (excludes halogenated alkanes) is 3. The number of carbonyl (C=O) groups excluding carboxylic acids is 1. The van der Waals surface area contributed by atoms with Crippen LogP contribution in [-0.2, 0) is 9.53 Å². The van der Waals surface area contributed by atoms with Gasteiger partial charge in [0.2, 0.25) is 0 Å². The Labute approximate surface area is 194 Å². The Hall–Kier alpha value is -1.64. The van der Waals surface area contributed by atoms with E-state index in [2.05, 4.69) is 5.16 Å². The molecule has 0 bridgehead atoms. The molecule has 1 aromatic rings. The number of thioether (sulfide) groups is 1. The highest BCUT2D eigenvalue weighted by molar-refractivity contribution is 7.99. The second-order valence-corrected chi connectivity index (χ2v) is 9.48.